The quantitative estimate of drug-likeness (QED) is 0.226. The monoisotopic (exact) mass is 523 g/mol. The predicted octanol–water partition coefficient (Wildman–Crippen LogP) is 3.43. The van der Waals surface area contributed by atoms with E-state index in [-0.39, 0.29) is 30.0 Å². The second kappa shape index (κ2) is 12.3. The predicted molar refractivity (Wildman–Crippen MR) is 130 cm³/mol. The van der Waals surface area contributed by atoms with Crippen LogP contribution in [0.5, 0.6) is 0 Å². The topological polar surface area (TPSA) is 94.4 Å². The highest BCUT2D eigenvalue weighted by molar-refractivity contribution is 14.0. The van der Waals surface area contributed by atoms with Gasteiger partial charge < -0.3 is 15.1 Å². The average Bonchev–Trinajstić information content (AvgIpc) is 3.45. The Balaban J connectivity index is 0.00000320. The van der Waals surface area contributed by atoms with Gasteiger partial charge in [-0.05, 0) is 30.8 Å². The molecule has 1 aromatic carbocycles. The number of nitrogens with zero attached hydrogens (tertiary/aromatic N) is 4. The van der Waals surface area contributed by atoms with Crippen LogP contribution in [0.2, 0.25) is 0 Å². The van der Waals surface area contributed by atoms with Crippen LogP contribution < -0.4 is 10.6 Å². The van der Waals surface area contributed by atoms with E-state index in [2.05, 4.69) is 73.8 Å². The van der Waals surface area contributed by atoms with E-state index in [1.165, 1.54) is 5.56 Å². The first-order valence-electron chi connectivity index (χ1n) is 9.93. The number of likely N-dealkylation sites (N-methyl/N-ethyl adjacent to an activating group) is 1. The third-order valence-electron chi connectivity index (χ3n) is 4.82. The zero-order chi connectivity index (χ0) is 20.5. The van der Waals surface area contributed by atoms with Crippen molar-refractivity contribution in [2.75, 3.05) is 26.7 Å². The molecule has 0 radical (unpaired) electrons. The third-order valence-corrected chi connectivity index (χ3v) is 4.82. The molecule has 0 aliphatic heterocycles. The first-order valence-corrected chi connectivity index (χ1v) is 9.93. The number of furan rings is 1. The molecule has 0 bridgehead atoms. The number of rotatable bonds is 9. The van der Waals surface area contributed by atoms with E-state index in [9.17, 15) is 0 Å². The summed E-state index contributed by atoms with van der Waals surface area (Å²) in [4.78, 5) is 11.2. The Morgan fingerprint density at radius 3 is 2.53 bits per heavy atom. The minimum atomic E-state index is 0. The van der Waals surface area contributed by atoms with Gasteiger partial charge in [-0.15, -0.1) is 29.1 Å². The van der Waals surface area contributed by atoms with Crippen molar-refractivity contribution in [1.29, 1.82) is 0 Å². The SMILES string of the molecule is CCN(CC)C(CNC(=NC)NCc1nc(-c2ccco2)n[nH]1)c1ccccc1.I. The molecule has 1 unspecified atom stereocenters. The van der Waals surface area contributed by atoms with Crippen LogP contribution in [-0.4, -0.2) is 52.7 Å². The fourth-order valence-electron chi connectivity index (χ4n) is 3.27. The molecule has 0 aliphatic carbocycles. The number of aromatic nitrogens is 3. The molecule has 9 heteroatoms. The number of aliphatic imine (C=N–C) groups is 1. The van der Waals surface area contributed by atoms with Gasteiger partial charge in [-0.1, -0.05) is 44.2 Å². The molecule has 8 nitrogen and oxygen atoms in total. The van der Waals surface area contributed by atoms with Crippen LogP contribution in [0.3, 0.4) is 0 Å². The Hall–Kier alpha value is -2.40. The summed E-state index contributed by atoms with van der Waals surface area (Å²) >= 11 is 0. The standard InChI is InChI=1S/C21H29N7O.HI/c1-4-28(5-2)17(16-10-7-6-8-11-16)14-23-21(22-3)24-15-19-25-20(27-26-19)18-12-9-13-29-18;/h6-13,17H,4-5,14-15H2,1-3H3,(H2,22,23,24)(H,25,26,27);1H. The Bertz CT molecular complexity index is 876. The molecule has 30 heavy (non-hydrogen) atoms. The summed E-state index contributed by atoms with van der Waals surface area (Å²) < 4.78 is 5.32. The molecule has 0 aliphatic rings. The van der Waals surface area contributed by atoms with Gasteiger partial charge in [0.2, 0.25) is 5.82 Å². The van der Waals surface area contributed by atoms with E-state index in [0.717, 1.165) is 19.6 Å². The number of aromatic amines is 1. The van der Waals surface area contributed by atoms with E-state index >= 15 is 0 Å². The minimum Gasteiger partial charge on any atom is -0.461 e. The fourth-order valence-corrected chi connectivity index (χ4v) is 3.27. The maximum atomic E-state index is 5.32. The van der Waals surface area contributed by atoms with Gasteiger partial charge in [0.15, 0.2) is 11.7 Å². The van der Waals surface area contributed by atoms with E-state index in [1.807, 2.05) is 18.2 Å². The second-order valence-corrected chi connectivity index (χ2v) is 6.54. The zero-order valence-electron chi connectivity index (χ0n) is 17.6. The Kier molecular flexibility index (Phi) is 9.81. The first kappa shape index (κ1) is 23.9. The Morgan fingerprint density at radius 2 is 1.90 bits per heavy atom. The van der Waals surface area contributed by atoms with Crippen LogP contribution in [-0.2, 0) is 6.54 Å². The number of guanidine groups is 1. The molecular formula is C21H30IN7O. The van der Waals surface area contributed by atoms with Crippen molar-refractivity contribution in [3.63, 3.8) is 0 Å². The largest absolute Gasteiger partial charge is 0.461 e. The molecule has 2 heterocycles. The molecule has 0 amide bonds. The van der Waals surface area contributed by atoms with Crippen molar-refractivity contribution < 1.29 is 4.42 Å². The highest BCUT2D eigenvalue weighted by atomic mass is 127. The van der Waals surface area contributed by atoms with Gasteiger partial charge in [0.25, 0.3) is 0 Å². The number of nitrogens with one attached hydrogen (secondary N) is 3. The second-order valence-electron chi connectivity index (χ2n) is 6.54. The van der Waals surface area contributed by atoms with Gasteiger partial charge in [-0.25, -0.2) is 4.98 Å². The van der Waals surface area contributed by atoms with Gasteiger partial charge in [0, 0.05) is 13.6 Å². The highest BCUT2D eigenvalue weighted by Crippen LogP contribution is 2.19. The maximum Gasteiger partial charge on any atom is 0.216 e. The summed E-state index contributed by atoms with van der Waals surface area (Å²) in [6.45, 7) is 7.57. The maximum absolute atomic E-state index is 5.32. The first-order chi connectivity index (χ1) is 14.2. The van der Waals surface area contributed by atoms with Crippen LogP contribution in [0.4, 0.5) is 0 Å². The molecule has 3 N–H and O–H groups in total. The summed E-state index contributed by atoms with van der Waals surface area (Å²) in [5.74, 6) is 2.61. The van der Waals surface area contributed by atoms with Gasteiger partial charge in [-0.3, -0.25) is 15.0 Å². The molecule has 1 atom stereocenters. The van der Waals surface area contributed by atoms with Crippen LogP contribution in [0.25, 0.3) is 11.6 Å². The number of hydrogen-bond donors (Lipinski definition) is 3. The number of H-pyrrole nitrogens is 1. The van der Waals surface area contributed by atoms with Crippen LogP contribution in [0.1, 0.15) is 31.3 Å². The number of halogens is 1. The van der Waals surface area contributed by atoms with E-state index in [0.29, 0.717) is 29.9 Å². The molecule has 0 spiro atoms. The van der Waals surface area contributed by atoms with Gasteiger partial charge >= 0.3 is 0 Å². The lowest BCUT2D eigenvalue weighted by molar-refractivity contribution is 0.219. The molecule has 3 aromatic rings. The van der Waals surface area contributed by atoms with Crippen molar-refractivity contribution in [3.05, 3.63) is 60.1 Å². The van der Waals surface area contributed by atoms with Crippen molar-refractivity contribution in [2.45, 2.75) is 26.4 Å². The summed E-state index contributed by atoms with van der Waals surface area (Å²) in [6.07, 6.45) is 1.61. The lowest BCUT2D eigenvalue weighted by atomic mass is 10.1. The van der Waals surface area contributed by atoms with Gasteiger partial charge in [0.05, 0.1) is 18.8 Å². The highest BCUT2D eigenvalue weighted by Gasteiger charge is 2.18. The van der Waals surface area contributed by atoms with Crippen LogP contribution in [0.15, 0.2) is 58.1 Å². The summed E-state index contributed by atoms with van der Waals surface area (Å²) in [6, 6.07) is 14.5. The molecule has 0 saturated carbocycles. The summed E-state index contributed by atoms with van der Waals surface area (Å²) in [7, 11) is 1.76. The molecule has 3 rings (SSSR count). The van der Waals surface area contributed by atoms with Crippen molar-refractivity contribution in [1.82, 2.24) is 30.7 Å². The lowest BCUT2D eigenvalue weighted by Crippen LogP contribution is -2.43. The van der Waals surface area contributed by atoms with Gasteiger partial charge in [-0.2, -0.15) is 0 Å². The van der Waals surface area contributed by atoms with E-state index in [4.69, 9.17) is 4.42 Å². The molecule has 2 aromatic heterocycles. The molecule has 162 valence electrons. The van der Waals surface area contributed by atoms with Crippen molar-refractivity contribution >= 4 is 29.9 Å². The Morgan fingerprint density at radius 1 is 1.13 bits per heavy atom. The smallest absolute Gasteiger partial charge is 0.216 e. The van der Waals surface area contributed by atoms with Crippen LogP contribution in [0, 0.1) is 0 Å². The zero-order valence-corrected chi connectivity index (χ0v) is 20.0. The van der Waals surface area contributed by atoms with E-state index in [1.54, 1.807) is 13.3 Å². The Labute approximate surface area is 194 Å². The fraction of sp³-hybridized carbons (Fsp3) is 0.381. The number of benzene rings is 1. The third kappa shape index (κ3) is 6.30. The van der Waals surface area contributed by atoms with Crippen molar-refractivity contribution in [3.8, 4) is 11.6 Å². The summed E-state index contributed by atoms with van der Waals surface area (Å²) in [5.41, 5.74) is 1.29. The number of hydrogen-bond acceptors (Lipinski definition) is 5. The minimum absolute atomic E-state index is 0. The normalized spacial score (nSPS) is 12.5. The van der Waals surface area contributed by atoms with Gasteiger partial charge in [0.1, 0.15) is 5.82 Å². The lowest BCUT2D eigenvalue weighted by Gasteiger charge is -2.30. The van der Waals surface area contributed by atoms with E-state index < -0.39 is 0 Å². The van der Waals surface area contributed by atoms with Crippen molar-refractivity contribution in [2.24, 2.45) is 4.99 Å². The molecule has 0 saturated heterocycles. The molecular weight excluding hydrogens is 493 g/mol. The average molecular weight is 523 g/mol. The summed E-state index contributed by atoms with van der Waals surface area (Å²) in [5, 5.41) is 13.8. The van der Waals surface area contributed by atoms with Crippen LogP contribution >= 0.6 is 24.0 Å². The molecule has 0 fully saturated rings.